The van der Waals surface area contributed by atoms with Crippen LogP contribution in [0.1, 0.15) is 24.5 Å². The molecule has 1 aliphatic rings. The monoisotopic (exact) mass is 335 g/mol. The van der Waals surface area contributed by atoms with Gasteiger partial charge >= 0.3 is 0 Å². The molecule has 25 heavy (non-hydrogen) atoms. The molecule has 6 heteroatoms. The summed E-state index contributed by atoms with van der Waals surface area (Å²) in [5.41, 5.74) is 0.0498. The summed E-state index contributed by atoms with van der Waals surface area (Å²) in [4.78, 5) is 12.6. The summed E-state index contributed by atoms with van der Waals surface area (Å²) >= 11 is 0. The molecule has 1 heterocycles. The Labute approximate surface area is 145 Å². The van der Waals surface area contributed by atoms with Crippen LogP contribution >= 0.6 is 0 Å². The number of nitriles is 1. The molecule has 1 aliphatic heterocycles. The largest absolute Gasteiger partial charge is 0.482 e. The lowest BCUT2D eigenvalue weighted by Crippen LogP contribution is -2.45. The Kier molecular flexibility index (Phi) is 4.50. The number of nitrogens with zero attached hydrogens (tertiary/aromatic N) is 3. The van der Waals surface area contributed by atoms with Crippen LogP contribution in [0, 0.1) is 11.3 Å². The van der Waals surface area contributed by atoms with Gasteiger partial charge < -0.3 is 9.84 Å². The van der Waals surface area contributed by atoms with Crippen molar-refractivity contribution < 1.29 is 14.6 Å². The topological polar surface area (TPSA) is 85.9 Å². The molecular formula is C19H17N3O3. The van der Waals surface area contributed by atoms with Crippen molar-refractivity contribution in [2.45, 2.75) is 19.1 Å². The third kappa shape index (κ3) is 3.23. The van der Waals surface area contributed by atoms with E-state index in [1.165, 1.54) is 0 Å². The number of benzene rings is 2. The third-order valence-corrected chi connectivity index (χ3v) is 3.95. The van der Waals surface area contributed by atoms with E-state index in [9.17, 15) is 9.90 Å². The van der Waals surface area contributed by atoms with Crippen LogP contribution < -0.4 is 4.74 Å². The minimum Gasteiger partial charge on any atom is -0.482 e. The second-order valence-corrected chi connectivity index (χ2v) is 5.80. The molecule has 0 spiro atoms. The molecule has 1 atom stereocenters. The number of carbonyl (C=O) groups excluding carboxylic acids is 1. The molecule has 0 aromatic heterocycles. The van der Waals surface area contributed by atoms with E-state index in [-0.39, 0.29) is 13.0 Å². The molecular weight excluding hydrogens is 318 g/mol. The molecule has 0 fully saturated rings. The first-order chi connectivity index (χ1) is 12.0. The number of aliphatic hydroxyl groups is 1. The lowest BCUT2D eigenvalue weighted by Gasteiger charge is -2.31. The fourth-order valence-electron chi connectivity index (χ4n) is 2.80. The van der Waals surface area contributed by atoms with E-state index >= 15 is 0 Å². The van der Waals surface area contributed by atoms with E-state index in [1.807, 2.05) is 12.1 Å². The van der Waals surface area contributed by atoms with Crippen LogP contribution in [-0.2, 0) is 10.5 Å². The zero-order chi connectivity index (χ0) is 17.9. The van der Waals surface area contributed by atoms with Crippen molar-refractivity contribution in [3.8, 4) is 11.8 Å². The second kappa shape index (κ2) is 6.75. The van der Waals surface area contributed by atoms with Crippen LogP contribution in [-0.4, -0.2) is 28.3 Å². The van der Waals surface area contributed by atoms with Gasteiger partial charge in [-0.05, 0) is 19.1 Å². The average Bonchev–Trinajstić information content (AvgIpc) is 2.96. The molecule has 0 bridgehead atoms. The number of hydrazone groups is 1. The molecule has 0 saturated carbocycles. The summed E-state index contributed by atoms with van der Waals surface area (Å²) in [6.45, 7) is 1.43. The number of ether oxygens (including phenoxy) is 1. The molecule has 0 saturated heterocycles. The lowest BCUT2D eigenvalue weighted by molar-refractivity contribution is -0.159. The molecule has 6 nitrogen and oxygen atoms in total. The first kappa shape index (κ1) is 16.7. The van der Waals surface area contributed by atoms with Gasteiger partial charge in [0.2, 0.25) is 0 Å². The smallest absolute Gasteiger partial charge is 0.283 e. The van der Waals surface area contributed by atoms with Crippen LogP contribution in [0.3, 0.4) is 0 Å². The van der Waals surface area contributed by atoms with E-state index in [4.69, 9.17) is 10.00 Å². The predicted molar refractivity (Wildman–Crippen MR) is 91.6 cm³/mol. The van der Waals surface area contributed by atoms with Gasteiger partial charge in [0, 0.05) is 17.7 Å². The maximum absolute atomic E-state index is 12.6. The van der Waals surface area contributed by atoms with Gasteiger partial charge in [-0.2, -0.15) is 15.4 Å². The maximum Gasteiger partial charge on any atom is 0.283 e. The maximum atomic E-state index is 12.6. The zero-order valence-electron chi connectivity index (χ0n) is 13.7. The minimum atomic E-state index is -1.53. The minimum absolute atomic E-state index is 0.234. The first-order valence-corrected chi connectivity index (χ1v) is 7.81. The number of hydrogen-bond acceptors (Lipinski definition) is 5. The van der Waals surface area contributed by atoms with Crippen LogP contribution in [0.25, 0.3) is 0 Å². The van der Waals surface area contributed by atoms with Crippen molar-refractivity contribution in [3.63, 3.8) is 0 Å². The predicted octanol–water partition coefficient (Wildman–Crippen LogP) is 2.39. The molecule has 0 unspecified atom stereocenters. The fourth-order valence-corrected chi connectivity index (χ4v) is 2.80. The van der Waals surface area contributed by atoms with E-state index in [0.29, 0.717) is 22.6 Å². The van der Waals surface area contributed by atoms with Gasteiger partial charge in [0.25, 0.3) is 5.91 Å². The van der Waals surface area contributed by atoms with Gasteiger partial charge in [-0.1, -0.05) is 42.5 Å². The van der Waals surface area contributed by atoms with E-state index in [1.54, 1.807) is 55.5 Å². The molecule has 126 valence electrons. The van der Waals surface area contributed by atoms with E-state index in [0.717, 1.165) is 5.01 Å². The normalized spacial score (nSPS) is 19.2. The molecule has 1 amide bonds. The van der Waals surface area contributed by atoms with Crippen molar-refractivity contribution in [3.05, 3.63) is 65.7 Å². The van der Waals surface area contributed by atoms with Crippen molar-refractivity contribution in [2.24, 2.45) is 5.10 Å². The Morgan fingerprint density at radius 2 is 1.96 bits per heavy atom. The highest BCUT2D eigenvalue weighted by Gasteiger charge is 2.44. The number of amides is 1. The van der Waals surface area contributed by atoms with Gasteiger partial charge in [0.05, 0.1) is 5.56 Å². The first-order valence-electron chi connectivity index (χ1n) is 7.81. The fraction of sp³-hybridized carbons (Fsp3) is 0.211. The summed E-state index contributed by atoms with van der Waals surface area (Å²) in [6.07, 6.45) is 0.234. The molecule has 1 N–H and O–H groups in total. The van der Waals surface area contributed by atoms with Crippen molar-refractivity contribution in [1.82, 2.24) is 5.01 Å². The molecule has 0 radical (unpaired) electrons. The van der Waals surface area contributed by atoms with Crippen molar-refractivity contribution >= 4 is 11.6 Å². The van der Waals surface area contributed by atoms with Gasteiger partial charge in [0.15, 0.2) is 12.3 Å². The van der Waals surface area contributed by atoms with Gasteiger partial charge in [0.1, 0.15) is 11.8 Å². The molecule has 2 aromatic carbocycles. The summed E-state index contributed by atoms with van der Waals surface area (Å²) in [6, 6.07) is 17.6. The van der Waals surface area contributed by atoms with Gasteiger partial charge in [-0.15, -0.1) is 0 Å². The Hall–Kier alpha value is -3.17. The van der Waals surface area contributed by atoms with E-state index < -0.39 is 11.6 Å². The Bertz CT molecular complexity index is 858. The second-order valence-electron chi connectivity index (χ2n) is 5.80. The van der Waals surface area contributed by atoms with Crippen LogP contribution in [0.5, 0.6) is 5.75 Å². The van der Waals surface area contributed by atoms with Crippen LogP contribution in [0.15, 0.2) is 59.7 Å². The van der Waals surface area contributed by atoms with Gasteiger partial charge in [-0.25, -0.2) is 0 Å². The quantitative estimate of drug-likeness (QED) is 0.929. The van der Waals surface area contributed by atoms with Crippen LogP contribution in [0.2, 0.25) is 0 Å². The van der Waals surface area contributed by atoms with Crippen molar-refractivity contribution in [1.29, 1.82) is 5.26 Å². The number of carbonyl (C=O) groups is 1. The summed E-state index contributed by atoms with van der Waals surface area (Å²) in [7, 11) is 0. The number of hydrogen-bond donors (Lipinski definition) is 1. The highest BCUT2D eigenvalue weighted by atomic mass is 16.5. The van der Waals surface area contributed by atoms with Crippen molar-refractivity contribution in [2.75, 3.05) is 6.61 Å². The standard InChI is InChI=1S/C19H17N3O3/c1-14-11-19(24,16-8-3-2-4-9-16)22(21-14)18(23)13-25-17-10-6-5-7-15(17)12-20/h2-10,24H,11,13H2,1H3/t19-/m0/s1. The average molecular weight is 335 g/mol. The molecule has 0 aliphatic carbocycles. The Morgan fingerprint density at radius 1 is 1.28 bits per heavy atom. The summed E-state index contributed by atoms with van der Waals surface area (Å²) in [5.74, 6) is -0.169. The Morgan fingerprint density at radius 3 is 2.68 bits per heavy atom. The SMILES string of the molecule is CC1=NN(C(=O)COc2ccccc2C#N)[C@@](O)(c2ccccc2)C1. The van der Waals surface area contributed by atoms with Gasteiger partial charge in [-0.3, -0.25) is 4.79 Å². The Balaban J connectivity index is 1.79. The zero-order valence-corrected chi connectivity index (χ0v) is 13.7. The number of para-hydroxylation sites is 1. The number of rotatable bonds is 4. The summed E-state index contributed by atoms with van der Waals surface area (Å²) < 4.78 is 5.47. The van der Waals surface area contributed by atoms with Crippen LogP contribution in [0.4, 0.5) is 0 Å². The molecule has 3 rings (SSSR count). The lowest BCUT2D eigenvalue weighted by atomic mass is 9.98. The molecule has 2 aromatic rings. The third-order valence-electron chi connectivity index (χ3n) is 3.95. The highest BCUT2D eigenvalue weighted by Crippen LogP contribution is 2.35. The highest BCUT2D eigenvalue weighted by molar-refractivity contribution is 5.89. The summed E-state index contributed by atoms with van der Waals surface area (Å²) in [5, 5.41) is 25.4. The van der Waals surface area contributed by atoms with E-state index in [2.05, 4.69) is 5.10 Å².